The fourth-order valence-electron chi connectivity index (χ4n) is 2.30. The molecule has 0 amide bonds. The molecule has 1 saturated carbocycles. The predicted octanol–water partition coefficient (Wildman–Crippen LogP) is 1.71. The summed E-state index contributed by atoms with van der Waals surface area (Å²) in [5, 5.41) is 10.5. The van der Waals surface area contributed by atoms with Gasteiger partial charge in [-0.2, -0.15) is 0 Å². The highest BCUT2D eigenvalue weighted by atomic mass is 16.5. The number of rotatable bonds is 5. The molecule has 1 atom stereocenters. The average Bonchev–Trinajstić information content (AvgIpc) is 3.29. The van der Waals surface area contributed by atoms with Crippen molar-refractivity contribution in [3.8, 4) is 5.75 Å². The molecule has 1 fully saturated rings. The van der Waals surface area contributed by atoms with Crippen LogP contribution < -0.4 is 10.5 Å². The smallest absolute Gasteiger partial charge is 0.121 e. The molecule has 3 N–H and O–H groups in total. The Bertz CT molecular complexity index is 583. The fourth-order valence-corrected chi connectivity index (χ4v) is 2.30. The second-order valence-corrected chi connectivity index (χ2v) is 5.31. The minimum Gasteiger partial charge on any atom is -0.491 e. The monoisotopic (exact) mass is 258 g/mol. The Balaban J connectivity index is 1.74. The third kappa shape index (κ3) is 2.55. The molecule has 0 radical (unpaired) electrons. The molecule has 1 aromatic heterocycles. The molecule has 0 saturated heterocycles. The molecule has 1 aromatic carbocycles. The minimum absolute atomic E-state index is 0.0382. The molecule has 1 aliphatic carbocycles. The molecule has 2 aromatic rings. The van der Waals surface area contributed by atoms with Gasteiger partial charge in [0.15, 0.2) is 0 Å². The normalized spacial score (nSPS) is 18.2. The van der Waals surface area contributed by atoms with Crippen LogP contribution in [0, 0.1) is 5.92 Å². The highest BCUT2D eigenvalue weighted by Crippen LogP contribution is 2.38. The number of aromatic nitrogens is 1. The lowest BCUT2D eigenvalue weighted by molar-refractivity contribution is 0.117. The van der Waals surface area contributed by atoms with Crippen molar-refractivity contribution < 1.29 is 9.84 Å². The summed E-state index contributed by atoms with van der Waals surface area (Å²) in [5.74, 6) is 1.13. The molecule has 1 aliphatic rings. The number of pyridine rings is 1. The van der Waals surface area contributed by atoms with Gasteiger partial charge < -0.3 is 15.6 Å². The summed E-state index contributed by atoms with van der Waals surface area (Å²) >= 11 is 0. The van der Waals surface area contributed by atoms with Crippen molar-refractivity contribution in [3.05, 3.63) is 36.5 Å². The van der Waals surface area contributed by atoms with Crippen molar-refractivity contribution >= 4 is 10.9 Å². The molecular weight excluding hydrogens is 240 g/mol. The SMILES string of the molecule is NC(CO)(COc1ccc2cccnc2c1)C1CC1. The Hall–Kier alpha value is -1.65. The largest absolute Gasteiger partial charge is 0.491 e. The quantitative estimate of drug-likeness (QED) is 0.856. The van der Waals surface area contributed by atoms with E-state index in [9.17, 15) is 5.11 Å². The number of aliphatic hydroxyl groups excluding tert-OH is 1. The van der Waals surface area contributed by atoms with Gasteiger partial charge in [-0.1, -0.05) is 6.07 Å². The molecule has 100 valence electrons. The van der Waals surface area contributed by atoms with Crippen LogP contribution in [0.3, 0.4) is 0 Å². The van der Waals surface area contributed by atoms with Crippen LogP contribution in [0.5, 0.6) is 5.75 Å². The van der Waals surface area contributed by atoms with Crippen LogP contribution in [-0.2, 0) is 0 Å². The maximum Gasteiger partial charge on any atom is 0.121 e. The zero-order valence-corrected chi connectivity index (χ0v) is 10.7. The Morgan fingerprint density at radius 3 is 2.95 bits per heavy atom. The van der Waals surface area contributed by atoms with E-state index in [1.165, 1.54) is 0 Å². The second-order valence-electron chi connectivity index (χ2n) is 5.31. The Morgan fingerprint density at radius 2 is 2.21 bits per heavy atom. The summed E-state index contributed by atoms with van der Waals surface area (Å²) in [7, 11) is 0. The van der Waals surface area contributed by atoms with Crippen molar-refractivity contribution in [2.45, 2.75) is 18.4 Å². The summed E-state index contributed by atoms with van der Waals surface area (Å²) in [6, 6.07) is 9.71. The number of ether oxygens (including phenoxy) is 1. The Kier molecular flexibility index (Phi) is 3.12. The van der Waals surface area contributed by atoms with Crippen LogP contribution >= 0.6 is 0 Å². The number of benzene rings is 1. The number of fused-ring (bicyclic) bond motifs is 1. The summed E-state index contributed by atoms with van der Waals surface area (Å²) in [6.07, 6.45) is 3.93. The first-order valence-electron chi connectivity index (χ1n) is 6.59. The van der Waals surface area contributed by atoms with Crippen molar-refractivity contribution in [3.63, 3.8) is 0 Å². The van der Waals surface area contributed by atoms with E-state index in [-0.39, 0.29) is 6.61 Å². The van der Waals surface area contributed by atoms with Gasteiger partial charge in [0, 0.05) is 17.6 Å². The molecule has 4 nitrogen and oxygen atoms in total. The topological polar surface area (TPSA) is 68.4 Å². The maximum atomic E-state index is 9.43. The summed E-state index contributed by atoms with van der Waals surface area (Å²) in [5.41, 5.74) is 6.46. The van der Waals surface area contributed by atoms with E-state index >= 15 is 0 Å². The lowest BCUT2D eigenvalue weighted by atomic mass is 9.97. The van der Waals surface area contributed by atoms with Gasteiger partial charge in [-0.3, -0.25) is 4.98 Å². The van der Waals surface area contributed by atoms with Crippen LogP contribution in [0.15, 0.2) is 36.5 Å². The summed E-state index contributed by atoms with van der Waals surface area (Å²) in [4.78, 5) is 4.29. The molecule has 1 unspecified atom stereocenters. The lowest BCUT2D eigenvalue weighted by Gasteiger charge is -2.27. The first kappa shape index (κ1) is 12.4. The van der Waals surface area contributed by atoms with Gasteiger partial charge in [-0.25, -0.2) is 0 Å². The van der Waals surface area contributed by atoms with Crippen molar-refractivity contribution in [2.75, 3.05) is 13.2 Å². The van der Waals surface area contributed by atoms with Crippen molar-refractivity contribution in [1.29, 1.82) is 0 Å². The van der Waals surface area contributed by atoms with Crippen LogP contribution in [0.25, 0.3) is 10.9 Å². The number of hydrogen-bond acceptors (Lipinski definition) is 4. The Labute approximate surface area is 112 Å². The van der Waals surface area contributed by atoms with E-state index in [1.54, 1.807) is 6.20 Å². The Morgan fingerprint density at radius 1 is 1.37 bits per heavy atom. The van der Waals surface area contributed by atoms with Crippen LogP contribution in [0.2, 0.25) is 0 Å². The minimum atomic E-state index is -0.612. The highest BCUT2D eigenvalue weighted by molar-refractivity contribution is 5.79. The number of nitrogens with zero attached hydrogens (tertiary/aromatic N) is 1. The van der Waals surface area contributed by atoms with Gasteiger partial charge in [0.25, 0.3) is 0 Å². The van der Waals surface area contributed by atoms with Gasteiger partial charge in [0.2, 0.25) is 0 Å². The number of nitrogens with two attached hydrogens (primary N) is 1. The molecular formula is C15H18N2O2. The maximum absolute atomic E-state index is 9.43. The van der Waals surface area contributed by atoms with E-state index in [1.807, 2.05) is 30.3 Å². The number of aliphatic hydroxyl groups is 1. The first-order chi connectivity index (χ1) is 9.21. The molecule has 4 heteroatoms. The highest BCUT2D eigenvalue weighted by Gasteiger charge is 2.42. The molecule has 0 spiro atoms. The van der Waals surface area contributed by atoms with E-state index in [4.69, 9.17) is 10.5 Å². The average molecular weight is 258 g/mol. The van der Waals surface area contributed by atoms with Crippen LogP contribution in [0.4, 0.5) is 0 Å². The zero-order chi connectivity index (χ0) is 13.3. The van der Waals surface area contributed by atoms with Gasteiger partial charge in [0.1, 0.15) is 12.4 Å². The fraction of sp³-hybridized carbons (Fsp3) is 0.400. The first-order valence-corrected chi connectivity index (χ1v) is 6.59. The van der Waals surface area contributed by atoms with Crippen molar-refractivity contribution in [1.82, 2.24) is 4.98 Å². The van der Waals surface area contributed by atoms with E-state index in [0.29, 0.717) is 12.5 Å². The second kappa shape index (κ2) is 4.79. The molecule has 19 heavy (non-hydrogen) atoms. The summed E-state index contributed by atoms with van der Waals surface area (Å²) < 4.78 is 5.75. The van der Waals surface area contributed by atoms with E-state index < -0.39 is 5.54 Å². The van der Waals surface area contributed by atoms with Crippen LogP contribution in [0.1, 0.15) is 12.8 Å². The molecule has 0 aliphatic heterocycles. The predicted molar refractivity (Wildman–Crippen MR) is 74.0 cm³/mol. The lowest BCUT2D eigenvalue weighted by Crippen LogP contribution is -2.51. The molecule has 0 bridgehead atoms. The third-order valence-corrected chi connectivity index (χ3v) is 3.77. The zero-order valence-electron chi connectivity index (χ0n) is 10.7. The molecule has 3 rings (SSSR count). The van der Waals surface area contributed by atoms with E-state index in [0.717, 1.165) is 29.5 Å². The third-order valence-electron chi connectivity index (χ3n) is 3.77. The van der Waals surface area contributed by atoms with Gasteiger partial charge in [0.05, 0.1) is 17.7 Å². The molecule has 1 heterocycles. The van der Waals surface area contributed by atoms with Crippen LogP contribution in [-0.4, -0.2) is 28.8 Å². The van der Waals surface area contributed by atoms with E-state index in [2.05, 4.69) is 4.98 Å². The van der Waals surface area contributed by atoms with Crippen molar-refractivity contribution in [2.24, 2.45) is 11.7 Å². The van der Waals surface area contributed by atoms with Gasteiger partial charge in [-0.05, 0) is 37.0 Å². The summed E-state index contributed by atoms with van der Waals surface area (Å²) in [6.45, 7) is 0.302. The number of hydrogen-bond donors (Lipinski definition) is 2. The van der Waals surface area contributed by atoms with Gasteiger partial charge in [-0.15, -0.1) is 0 Å². The van der Waals surface area contributed by atoms with Gasteiger partial charge >= 0.3 is 0 Å². The standard InChI is InChI=1S/C15H18N2O2/c16-15(9-18,12-4-5-12)10-19-13-6-3-11-2-1-7-17-14(11)8-13/h1-3,6-8,12,18H,4-5,9-10,16H2.